The van der Waals surface area contributed by atoms with Crippen LogP contribution in [0.4, 0.5) is 5.13 Å². The SMILES string of the molecule is COc1ccc2ncn(Cc3ccc4nc(N)sc4c3)c2c1. The van der Waals surface area contributed by atoms with Crippen LogP contribution in [0.3, 0.4) is 0 Å². The minimum atomic E-state index is 0.602. The number of benzene rings is 2. The van der Waals surface area contributed by atoms with E-state index >= 15 is 0 Å². The molecule has 4 aromatic rings. The van der Waals surface area contributed by atoms with Gasteiger partial charge in [-0.2, -0.15) is 0 Å². The Kier molecular flexibility index (Phi) is 2.97. The fraction of sp³-hybridized carbons (Fsp3) is 0.125. The molecule has 0 spiro atoms. The Morgan fingerprint density at radius 1 is 1.18 bits per heavy atom. The molecule has 0 aliphatic heterocycles. The van der Waals surface area contributed by atoms with E-state index in [0.29, 0.717) is 5.13 Å². The molecule has 110 valence electrons. The van der Waals surface area contributed by atoms with Crippen molar-refractivity contribution in [1.29, 1.82) is 0 Å². The molecule has 0 aliphatic carbocycles. The molecule has 0 amide bonds. The van der Waals surface area contributed by atoms with E-state index in [-0.39, 0.29) is 0 Å². The third-order valence-corrected chi connectivity index (χ3v) is 4.50. The summed E-state index contributed by atoms with van der Waals surface area (Å²) in [6, 6.07) is 12.1. The molecule has 4 rings (SSSR count). The van der Waals surface area contributed by atoms with Crippen molar-refractivity contribution < 1.29 is 4.74 Å². The molecule has 0 saturated carbocycles. The second kappa shape index (κ2) is 4.99. The number of methoxy groups -OCH3 is 1. The lowest BCUT2D eigenvalue weighted by molar-refractivity contribution is 0.415. The lowest BCUT2D eigenvalue weighted by atomic mass is 10.2. The van der Waals surface area contributed by atoms with Crippen molar-refractivity contribution in [2.45, 2.75) is 6.54 Å². The molecule has 0 fully saturated rings. The molecule has 0 unspecified atom stereocenters. The van der Waals surface area contributed by atoms with Crippen LogP contribution in [0.15, 0.2) is 42.7 Å². The quantitative estimate of drug-likeness (QED) is 0.630. The Morgan fingerprint density at radius 3 is 2.91 bits per heavy atom. The normalized spacial score (nSPS) is 11.3. The highest BCUT2D eigenvalue weighted by molar-refractivity contribution is 7.22. The molecule has 0 atom stereocenters. The lowest BCUT2D eigenvalue weighted by Gasteiger charge is -2.06. The number of ether oxygens (including phenoxy) is 1. The highest BCUT2D eigenvalue weighted by Gasteiger charge is 2.07. The van der Waals surface area contributed by atoms with Crippen molar-refractivity contribution in [3.63, 3.8) is 0 Å². The van der Waals surface area contributed by atoms with Gasteiger partial charge in [0.1, 0.15) is 5.75 Å². The van der Waals surface area contributed by atoms with Crippen LogP contribution in [0.2, 0.25) is 0 Å². The summed E-state index contributed by atoms with van der Waals surface area (Å²) in [7, 11) is 1.67. The monoisotopic (exact) mass is 310 g/mol. The number of nitrogen functional groups attached to an aromatic ring is 1. The number of nitrogens with two attached hydrogens (primary N) is 1. The number of anilines is 1. The molecular formula is C16H14N4OS. The van der Waals surface area contributed by atoms with Gasteiger partial charge in [0.2, 0.25) is 0 Å². The highest BCUT2D eigenvalue weighted by atomic mass is 32.1. The maximum absolute atomic E-state index is 5.76. The van der Waals surface area contributed by atoms with Gasteiger partial charge in [-0.1, -0.05) is 17.4 Å². The van der Waals surface area contributed by atoms with Crippen molar-refractivity contribution in [3.8, 4) is 5.75 Å². The van der Waals surface area contributed by atoms with Gasteiger partial charge in [-0.3, -0.25) is 0 Å². The summed E-state index contributed by atoms with van der Waals surface area (Å²) in [4.78, 5) is 8.72. The molecule has 5 nitrogen and oxygen atoms in total. The molecule has 0 aliphatic rings. The molecule has 2 heterocycles. The van der Waals surface area contributed by atoms with Gasteiger partial charge in [0.05, 0.1) is 34.7 Å². The van der Waals surface area contributed by atoms with E-state index in [2.05, 4.69) is 26.7 Å². The molecule has 2 aromatic carbocycles. The van der Waals surface area contributed by atoms with E-state index < -0.39 is 0 Å². The zero-order chi connectivity index (χ0) is 15.1. The van der Waals surface area contributed by atoms with E-state index in [1.54, 1.807) is 7.11 Å². The Hall–Kier alpha value is -2.60. The number of hydrogen-bond acceptors (Lipinski definition) is 5. The second-order valence-electron chi connectivity index (χ2n) is 5.08. The number of imidazole rings is 1. The van der Waals surface area contributed by atoms with Crippen LogP contribution in [0, 0.1) is 0 Å². The van der Waals surface area contributed by atoms with Crippen LogP contribution in [-0.2, 0) is 6.54 Å². The summed E-state index contributed by atoms with van der Waals surface area (Å²) in [6.45, 7) is 0.747. The Bertz CT molecular complexity index is 973. The van der Waals surface area contributed by atoms with Crippen molar-refractivity contribution >= 4 is 37.7 Å². The highest BCUT2D eigenvalue weighted by Crippen LogP contribution is 2.26. The summed E-state index contributed by atoms with van der Waals surface area (Å²) in [5.41, 5.74) is 9.92. The van der Waals surface area contributed by atoms with Gasteiger partial charge in [0.25, 0.3) is 0 Å². The maximum Gasteiger partial charge on any atom is 0.181 e. The molecule has 0 bridgehead atoms. The average molecular weight is 310 g/mol. The van der Waals surface area contributed by atoms with Gasteiger partial charge in [-0.15, -0.1) is 0 Å². The zero-order valence-corrected chi connectivity index (χ0v) is 12.8. The van der Waals surface area contributed by atoms with E-state index in [0.717, 1.165) is 33.5 Å². The Labute approximate surface area is 131 Å². The summed E-state index contributed by atoms with van der Waals surface area (Å²) in [5, 5.41) is 0.602. The van der Waals surface area contributed by atoms with Crippen LogP contribution < -0.4 is 10.5 Å². The molecule has 0 saturated heterocycles. The predicted molar refractivity (Wildman–Crippen MR) is 89.4 cm³/mol. The largest absolute Gasteiger partial charge is 0.497 e. The first-order valence-corrected chi connectivity index (χ1v) is 7.68. The van der Waals surface area contributed by atoms with Gasteiger partial charge in [0, 0.05) is 12.6 Å². The molecule has 2 N–H and O–H groups in total. The number of hydrogen-bond donors (Lipinski definition) is 1. The molecule has 6 heteroatoms. The fourth-order valence-corrected chi connectivity index (χ4v) is 3.37. The number of nitrogens with zero attached hydrogens (tertiary/aromatic N) is 3. The van der Waals surface area contributed by atoms with E-state index in [4.69, 9.17) is 10.5 Å². The first-order valence-electron chi connectivity index (χ1n) is 6.87. The third kappa shape index (κ3) is 2.17. The number of thiazole rings is 1. The smallest absolute Gasteiger partial charge is 0.181 e. The number of aromatic nitrogens is 3. The first kappa shape index (κ1) is 13.1. The van der Waals surface area contributed by atoms with Gasteiger partial charge in [-0.05, 0) is 29.8 Å². The van der Waals surface area contributed by atoms with Crippen LogP contribution in [-0.4, -0.2) is 21.6 Å². The molecule has 22 heavy (non-hydrogen) atoms. The van der Waals surface area contributed by atoms with Crippen LogP contribution in [0.5, 0.6) is 5.75 Å². The minimum Gasteiger partial charge on any atom is -0.497 e. The van der Waals surface area contributed by atoms with Crippen LogP contribution >= 0.6 is 11.3 Å². The summed E-state index contributed by atoms with van der Waals surface area (Å²) < 4.78 is 8.52. The summed E-state index contributed by atoms with van der Waals surface area (Å²) in [6.07, 6.45) is 1.86. The van der Waals surface area contributed by atoms with Crippen molar-refractivity contribution in [2.24, 2.45) is 0 Å². The van der Waals surface area contributed by atoms with Crippen molar-refractivity contribution in [1.82, 2.24) is 14.5 Å². The second-order valence-corrected chi connectivity index (χ2v) is 6.14. The third-order valence-electron chi connectivity index (χ3n) is 3.65. The summed E-state index contributed by atoms with van der Waals surface area (Å²) in [5.74, 6) is 0.833. The Morgan fingerprint density at radius 2 is 2.05 bits per heavy atom. The van der Waals surface area contributed by atoms with Gasteiger partial charge in [-0.25, -0.2) is 9.97 Å². The van der Waals surface area contributed by atoms with Gasteiger partial charge >= 0.3 is 0 Å². The molecule has 0 radical (unpaired) electrons. The first-order chi connectivity index (χ1) is 10.7. The zero-order valence-electron chi connectivity index (χ0n) is 12.0. The number of rotatable bonds is 3. The topological polar surface area (TPSA) is 66.0 Å². The van der Waals surface area contributed by atoms with E-state index in [1.165, 1.54) is 16.9 Å². The van der Waals surface area contributed by atoms with E-state index in [1.807, 2.05) is 30.6 Å². The van der Waals surface area contributed by atoms with Crippen LogP contribution in [0.25, 0.3) is 21.3 Å². The average Bonchev–Trinajstić information content (AvgIpc) is 3.09. The maximum atomic E-state index is 5.76. The predicted octanol–water partition coefficient (Wildman–Crippen LogP) is 3.29. The standard InChI is InChI=1S/C16H14N4OS/c1-21-11-3-5-12-14(7-11)20(9-18-12)8-10-2-4-13-15(6-10)22-16(17)19-13/h2-7,9H,8H2,1H3,(H2,17,19). The molecule has 2 aromatic heterocycles. The molecular weight excluding hydrogens is 296 g/mol. The van der Waals surface area contributed by atoms with Gasteiger partial charge in [0.15, 0.2) is 5.13 Å². The fourth-order valence-electron chi connectivity index (χ4n) is 2.57. The summed E-state index contributed by atoms with van der Waals surface area (Å²) >= 11 is 1.51. The van der Waals surface area contributed by atoms with Crippen molar-refractivity contribution in [2.75, 3.05) is 12.8 Å². The van der Waals surface area contributed by atoms with Gasteiger partial charge < -0.3 is 15.0 Å². The van der Waals surface area contributed by atoms with Crippen LogP contribution in [0.1, 0.15) is 5.56 Å². The number of fused-ring (bicyclic) bond motifs is 2. The minimum absolute atomic E-state index is 0.602. The lowest BCUT2D eigenvalue weighted by Crippen LogP contribution is -1.97. The van der Waals surface area contributed by atoms with Crippen molar-refractivity contribution in [3.05, 3.63) is 48.3 Å². The van der Waals surface area contributed by atoms with E-state index in [9.17, 15) is 0 Å². The Balaban J connectivity index is 1.74.